The average molecular weight is 380 g/mol. The second-order valence-electron chi connectivity index (χ2n) is 5.79. The molecule has 0 saturated heterocycles. The molecule has 2 aromatic rings. The van der Waals surface area contributed by atoms with Gasteiger partial charge in [-0.1, -0.05) is 6.07 Å². The smallest absolute Gasteiger partial charge is 0.493 e. The highest BCUT2D eigenvalue weighted by atomic mass is 19.3. The Morgan fingerprint density at radius 1 is 1.04 bits per heavy atom. The van der Waals surface area contributed by atoms with Gasteiger partial charge in [0.15, 0.2) is 0 Å². The van der Waals surface area contributed by atoms with Crippen LogP contribution in [0.5, 0.6) is 17.2 Å². The molecule has 0 atom stereocenters. The minimum Gasteiger partial charge on any atom is -0.493 e. The molecule has 0 spiro atoms. The Labute approximate surface area is 156 Å². The van der Waals surface area contributed by atoms with E-state index in [0.717, 1.165) is 11.1 Å². The summed E-state index contributed by atoms with van der Waals surface area (Å²) in [6, 6.07) is 7.86. The predicted octanol–water partition coefficient (Wildman–Crippen LogP) is 5.36. The van der Waals surface area contributed by atoms with Crippen LogP contribution in [0.1, 0.15) is 35.6 Å². The lowest BCUT2D eigenvalue weighted by atomic mass is 10.1. The second-order valence-corrected chi connectivity index (χ2v) is 5.79. The highest BCUT2D eigenvalue weighted by Gasteiger charge is 2.19. The summed E-state index contributed by atoms with van der Waals surface area (Å²) in [6.07, 6.45) is -3.57. The molecular formula is C20H22F2O5. The maximum atomic E-state index is 13.4. The maximum absolute atomic E-state index is 13.4. The molecule has 2 aromatic carbocycles. The summed E-state index contributed by atoms with van der Waals surface area (Å²) in [6.45, 7) is 5.64. The van der Waals surface area contributed by atoms with E-state index in [0.29, 0.717) is 17.9 Å². The lowest BCUT2D eigenvalue weighted by Crippen LogP contribution is -2.11. The molecule has 0 amide bonds. The van der Waals surface area contributed by atoms with Gasteiger partial charge in [0.1, 0.15) is 23.9 Å². The quantitative estimate of drug-likeness (QED) is 0.478. The topological polar surface area (TPSA) is 54.0 Å². The number of halogens is 2. The van der Waals surface area contributed by atoms with Gasteiger partial charge < -0.3 is 18.9 Å². The van der Waals surface area contributed by atoms with Crippen molar-refractivity contribution in [3.05, 3.63) is 52.6 Å². The lowest BCUT2D eigenvalue weighted by Gasteiger charge is -2.17. The molecule has 0 bridgehead atoms. The number of methoxy groups -OCH3 is 1. The van der Waals surface area contributed by atoms with E-state index in [-0.39, 0.29) is 23.7 Å². The summed E-state index contributed by atoms with van der Waals surface area (Å²) in [5.41, 5.74) is 1.81. The van der Waals surface area contributed by atoms with Crippen LogP contribution in [0.3, 0.4) is 0 Å². The Morgan fingerprint density at radius 2 is 1.70 bits per heavy atom. The number of carbonyl (C=O) groups is 1. The zero-order chi connectivity index (χ0) is 20.0. The minimum absolute atomic E-state index is 0.0726. The van der Waals surface area contributed by atoms with Crippen LogP contribution in [0.2, 0.25) is 0 Å². The van der Waals surface area contributed by atoms with Crippen molar-refractivity contribution in [3.63, 3.8) is 0 Å². The molecule has 0 aliphatic heterocycles. The van der Waals surface area contributed by atoms with E-state index in [1.807, 2.05) is 6.92 Å². The van der Waals surface area contributed by atoms with Gasteiger partial charge in [-0.25, -0.2) is 13.6 Å². The SMILES string of the molecule is CCOc1cccc(OC(=O)OC)c1COc1cc(C)c(C)cc1C(F)F. The Kier molecular flexibility index (Phi) is 6.98. The van der Waals surface area contributed by atoms with Gasteiger partial charge in [-0.3, -0.25) is 0 Å². The molecule has 0 aliphatic rings. The van der Waals surface area contributed by atoms with E-state index in [4.69, 9.17) is 14.2 Å². The molecule has 5 nitrogen and oxygen atoms in total. The maximum Gasteiger partial charge on any atom is 0.513 e. The van der Waals surface area contributed by atoms with Gasteiger partial charge in [0.2, 0.25) is 0 Å². The van der Waals surface area contributed by atoms with Crippen LogP contribution in [0.25, 0.3) is 0 Å². The normalized spacial score (nSPS) is 10.6. The van der Waals surface area contributed by atoms with Gasteiger partial charge in [-0.05, 0) is 56.2 Å². The standard InChI is InChI=1S/C20H22F2O5/c1-5-25-16-7-6-8-17(27-20(23)24-4)15(16)11-26-18-10-13(3)12(2)9-14(18)19(21)22/h6-10,19H,5,11H2,1-4H3. The number of aryl methyl sites for hydroxylation is 2. The summed E-state index contributed by atoms with van der Waals surface area (Å²) in [5, 5.41) is 0. The third kappa shape index (κ3) is 5.09. The highest BCUT2D eigenvalue weighted by Crippen LogP contribution is 2.35. The fourth-order valence-electron chi connectivity index (χ4n) is 2.46. The Balaban J connectivity index is 2.36. The third-order valence-corrected chi connectivity index (χ3v) is 3.98. The summed E-state index contributed by atoms with van der Waals surface area (Å²) < 4.78 is 47.6. The van der Waals surface area contributed by atoms with Gasteiger partial charge in [0, 0.05) is 0 Å². The molecule has 0 aliphatic carbocycles. The summed E-state index contributed by atoms with van der Waals surface area (Å²) in [4.78, 5) is 11.5. The number of alkyl halides is 2. The van der Waals surface area contributed by atoms with Gasteiger partial charge in [0.25, 0.3) is 6.43 Å². The monoisotopic (exact) mass is 380 g/mol. The first-order valence-electron chi connectivity index (χ1n) is 8.39. The molecule has 2 rings (SSSR count). The number of rotatable bonds is 7. The average Bonchev–Trinajstić information content (AvgIpc) is 2.63. The highest BCUT2D eigenvalue weighted by molar-refractivity contribution is 5.65. The van der Waals surface area contributed by atoms with Crippen molar-refractivity contribution in [1.29, 1.82) is 0 Å². The van der Waals surface area contributed by atoms with E-state index in [2.05, 4.69) is 4.74 Å². The molecular weight excluding hydrogens is 358 g/mol. The second kappa shape index (κ2) is 9.21. The molecule has 146 valence electrons. The molecule has 0 N–H and O–H groups in total. The van der Waals surface area contributed by atoms with Crippen LogP contribution in [-0.4, -0.2) is 19.9 Å². The van der Waals surface area contributed by atoms with E-state index in [1.165, 1.54) is 13.2 Å². The van der Waals surface area contributed by atoms with Crippen LogP contribution in [0.15, 0.2) is 30.3 Å². The van der Waals surface area contributed by atoms with Crippen LogP contribution in [-0.2, 0) is 11.3 Å². The van der Waals surface area contributed by atoms with E-state index >= 15 is 0 Å². The number of carbonyl (C=O) groups excluding carboxylic acids is 1. The van der Waals surface area contributed by atoms with Crippen molar-refractivity contribution in [2.45, 2.75) is 33.8 Å². The van der Waals surface area contributed by atoms with Crippen molar-refractivity contribution < 1.29 is 32.5 Å². The lowest BCUT2D eigenvalue weighted by molar-refractivity contribution is 0.120. The van der Waals surface area contributed by atoms with Crippen molar-refractivity contribution in [1.82, 2.24) is 0 Å². The number of benzene rings is 2. The zero-order valence-corrected chi connectivity index (χ0v) is 15.7. The first-order valence-corrected chi connectivity index (χ1v) is 8.39. The van der Waals surface area contributed by atoms with Crippen LogP contribution < -0.4 is 14.2 Å². The molecule has 27 heavy (non-hydrogen) atoms. The van der Waals surface area contributed by atoms with E-state index in [1.54, 1.807) is 38.1 Å². The molecule has 0 radical (unpaired) electrons. The van der Waals surface area contributed by atoms with Crippen LogP contribution in [0.4, 0.5) is 13.6 Å². The van der Waals surface area contributed by atoms with Gasteiger partial charge in [-0.15, -0.1) is 0 Å². The largest absolute Gasteiger partial charge is 0.513 e. The van der Waals surface area contributed by atoms with E-state index < -0.39 is 12.6 Å². The summed E-state index contributed by atoms with van der Waals surface area (Å²) >= 11 is 0. The van der Waals surface area contributed by atoms with Gasteiger partial charge >= 0.3 is 6.16 Å². The van der Waals surface area contributed by atoms with Crippen LogP contribution >= 0.6 is 0 Å². The first-order chi connectivity index (χ1) is 12.9. The summed E-state index contributed by atoms with van der Waals surface area (Å²) in [7, 11) is 1.19. The molecule has 0 heterocycles. The Bertz CT molecular complexity index is 805. The van der Waals surface area contributed by atoms with Gasteiger partial charge in [0.05, 0.1) is 24.8 Å². The Hall–Kier alpha value is -2.83. The predicted molar refractivity (Wildman–Crippen MR) is 95.8 cm³/mol. The molecule has 7 heteroatoms. The molecule has 0 saturated carbocycles. The third-order valence-electron chi connectivity index (χ3n) is 3.98. The number of hydrogen-bond donors (Lipinski definition) is 0. The zero-order valence-electron chi connectivity index (χ0n) is 15.7. The molecule has 0 fully saturated rings. The number of ether oxygens (including phenoxy) is 4. The van der Waals surface area contributed by atoms with Crippen LogP contribution in [0, 0.1) is 13.8 Å². The number of hydrogen-bond acceptors (Lipinski definition) is 5. The van der Waals surface area contributed by atoms with Crippen molar-refractivity contribution in [3.8, 4) is 17.2 Å². The minimum atomic E-state index is -2.67. The van der Waals surface area contributed by atoms with Crippen molar-refractivity contribution in [2.75, 3.05) is 13.7 Å². The van der Waals surface area contributed by atoms with Crippen molar-refractivity contribution >= 4 is 6.16 Å². The van der Waals surface area contributed by atoms with E-state index in [9.17, 15) is 13.6 Å². The molecule has 0 aromatic heterocycles. The van der Waals surface area contributed by atoms with Crippen molar-refractivity contribution in [2.24, 2.45) is 0 Å². The molecule has 0 unspecified atom stereocenters. The fourth-order valence-corrected chi connectivity index (χ4v) is 2.46. The summed E-state index contributed by atoms with van der Waals surface area (Å²) in [5.74, 6) is 0.681. The Morgan fingerprint density at radius 3 is 2.33 bits per heavy atom. The fraction of sp³-hybridized carbons (Fsp3) is 0.350. The van der Waals surface area contributed by atoms with Gasteiger partial charge in [-0.2, -0.15) is 0 Å². The first kappa shape index (κ1) is 20.5.